The van der Waals surface area contributed by atoms with Crippen LogP contribution in [0.1, 0.15) is 24.8 Å². The van der Waals surface area contributed by atoms with Crippen LogP contribution in [0.25, 0.3) is 0 Å². The minimum Gasteiger partial charge on any atom is -0.495 e. The molecule has 98 valence electrons. The van der Waals surface area contributed by atoms with E-state index in [-0.39, 0.29) is 5.91 Å². The van der Waals surface area contributed by atoms with E-state index in [0.717, 1.165) is 30.6 Å². The van der Waals surface area contributed by atoms with Crippen LogP contribution in [0.15, 0.2) is 18.2 Å². The molecule has 1 saturated heterocycles. The Hall–Kier alpha value is -1.55. The van der Waals surface area contributed by atoms with Gasteiger partial charge in [0.15, 0.2) is 0 Å². The van der Waals surface area contributed by atoms with Gasteiger partial charge in [0, 0.05) is 12.5 Å². The van der Waals surface area contributed by atoms with E-state index in [4.69, 9.17) is 4.74 Å². The van der Waals surface area contributed by atoms with E-state index >= 15 is 0 Å². The van der Waals surface area contributed by atoms with Crippen LogP contribution in [0.2, 0.25) is 0 Å². The number of rotatable bonds is 4. The quantitative estimate of drug-likeness (QED) is 0.857. The van der Waals surface area contributed by atoms with E-state index in [9.17, 15) is 4.79 Å². The van der Waals surface area contributed by atoms with Gasteiger partial charge in [0.05, 0.1) is 12.8 Å². The molecule has 0 aromatic heterocycles. The second kappa shape index (κ2) is 5.87. The van der Waals surface area contributed by atoms with Crippen molar-refractivity contribution in [3.8, 4) is 5.75 Å². The van der Waals surface area contributed by atoms with Crippen molar-refractivity contribution < 1.29 is 9.53 Å². The molecule has 1 fully saturated rings. The number of aryl methyl sites for hydroxylation is 1. The second-order valence-electron chi connectivity index (χ2n) is 4.75. The molecule has 1 atom stereocenters. The lowest BCUT2D eigenvalue weighted by molar-refractivity contribution is -0.116. The van der Waals surface area contributed by atoms with Crippen LogP contribution in [0.4, 0.5) is 5.69 Å². The lowest BCUT2D eigenvalue weighted by Crippen LogP contribution is -2.27. The van der Waals surface area contributed by atoms with Crippen molar-refractivity contribution in [2.45, 2.75) is 32.2 Å². The van der Waals surface area contributed by atoms with Gasteiger partial charge in [-0.1, -0.05) is 6.07 Å². The second-order valence-corrected chi connectivity index (χ2v) is 4.75. The zero-order valence-electron chi connectivity index (χ0n) is 11.0. The summed E-state index contributed by atoms with van der Waals surface area (Å²) in [7, 11) is 1.61. The summed E-state index contributed by atoms with van der Waals surface area (Å²) in [5.74, 6) is 0.749. The summed E-state index contributed by atoms with van der Waals surface area (Å²) in [5, 5.41) is 6.23. The summed E-state index contributed by atoms with van der Waals surface area (Å²) < 4.78 is 5.27. The molecule has 1 amide bonds. The molecular formula is C14H20N2O2. The molecule has 1 unspecified atom stereocenters. The number of anilines is 1. The van der Waals surface area contributed by atoms with Gasteiger partial charge in [-0.3, -0.25) is 4.79 Å². The van der Waals surface area contributed by atoms with Crippen LogP contribution in [0, 0.1) is 6.92 Å². The molecule has 1 aromatic carbocycles. The number of carbonyl (C=O) groups is 1. The molecule has 0 saturated carbocycles. The van der Waals surface area contributed by atoms with Crippen molar-refractivity contribution in [2.75, 3.05) is 19.0 Å². The van der Waals surface area contributed by atoms with E-state index in [0.29, 0.717) is 18.2 Å². The van der Waals surface area contributed by atoms with Crippen LogP contribution in [-0.4, -0.2) is 25.6 Å². The van der Waals surface area contributed by atoms with Gasteiger partial charge in [0.25, 0.3) is 0 Å². The van der Waals surface area contributed by atoms with Crippen LogP contribution in [0.3, 0.4) is 0 Å². The van der Waals surface area contributed by atoms with Crippen molar-refractivity contribution in [1.29, 1.82) is 0 Å². The van der Waals surface area contributed by atoms with Crippen molar-refractivity contribution in [2.24, 2.45) is 0 Å². The molecule has 2 rings (SSSR count). The molecule has 0 radical (unpaired) electrons. The smallest absolute Gasteiger partial charge is 0.226 e. The fourth-order valence-electron chi connectivity index (χ4n) is 2.26. The Labute approximate surface area is 108 Å². The number of methoxy groups -OCH3 is 1. The van der Waals surface area contributed by atoms with Gasteiger partial charge in [0.2, 0.25) is 5.91 Å². The fraction of sp³-hybridized carbons (Fsp3) is 0.500. The van der Waals surface area contributed by atoms with Gasteiger partial charge in [0.1, 0.15) is 5.75 Å². The molecule has 0 aliphatic carbocycles. The van der Waals surface area contributed by atoms with E-state index in [1.165, 1.54) is 0 Å². The van der Waals surface area contributed by atoms with Gasteiger partial charge in [-0.2, -0.15) is 0 Å². The Kier molecular flexibility index (Phi) is 4.20. The Morgan fingerprint density at radius 2 is 2.39 bits per heavy atom. The third kappa shape index (κ3) is 3.23. The highest BCUT2D eigenvalue weighted by molar-refractivity contribution is 5.92. The topological polar surface area (TPSA) is 50.4 Å². The number of ether oxygens (including phenoxy) is 1. The summed E-state index contributed by atoms with van der Waals surface area (Å²) in [6.45, 7) is 3.02. The number of carbonyl (C=O) groups excluding carboxylic acids is 1. The van der Waals surface area contributed by atoms with Crippen LogP contribution in [-0.2, 0) is 4.79 Å². The van der Waals surface area contributed by atoms with E-state index in [2.05, 4.69) is 10.6 Å². The van der Waals surface area contributed by atoms with Crippen LogP contribution < -0.4 is 15.4 Å². The first-order valence-electron chi connectivity index (χ1n) is 6.37. The molecule has 1 aliphatic heterocycles. The maximum Gasteiger partial charge on any atom is 0.226 e. The van der Waals surface area contributed by atoms with Crippen LogP contribution >= 0.6 is 0 Å². The first-order valence-corrected chi connectivity index (χ1v) is 6.37. The maximum atomic E-state index is 11.9. The number of nitrogens with one attached hydrogen (secondary N) is 2. The predicted octanol–water partition coefficient (Wildman–Crippen LogP) is 2.08. The van der Waals surface area contributed by atoms with Crippen molar-refractivity contribution in [1.82, 2.24) is 5.32 Å². The summed E-state index contributed by atoms with van der Waals surface area (Å²) in [5.41, 5.74) is 1.86. The summed E-state index contributed by atoms with van der Waals surface area (Å²) in [4.78, 5) is 11.9. The van der Waals surface area contributed by atoms with E-state index < -0.39 is 0 Å². The highest BCUT2D eigenvalue weighted by Crippen LogP contribution is 2.25. The lowest BCUT2D eigenvalue weighted by atomic mass is 10.1. The number of amides is 1. The Morgan fingerprint density at radius 1 is 1.56 bits per heavy atom. The molecule has 0 spiro atoms. The predicted molar refractivity (Wildman–Crippen MR) is 72.0 cm³/mol. The molecule has 4 heteroatoms. The van der Waals surface area contributed by atoms with Gasteiger partial charge in [-0.25, -0.2) is 0 Å². The first-order chi connectivity index (χ1) is 8.69. The molecular weight excluding hydrogens is 228 g/mol. The van der Waals surface area contributed by atoms with E-state index in [1.54, 1.807) is 7.11 Å². The molecule has 2 N–H and O–H groups in total. The van der Waals surface area contributed by atoms with Crippen molar-refractivity contribution in [3.05, 3.63) is 23.8 Å². The standard InChI is InChI=1S/C14H20N2O2/c1-10-5-6-12(13(8-10)18-2)16-14(17)9-11-4-3-7-15-11/h5-6,8,11,15H,3-4,7,9H2,1-2H3,(H,16,17). The molecule has 1 aliphatic rings. The minimum absolute atomic E-state index is 0.0385. The van der Waals surface area contributed by atoms with Crippen LogP contribution in [0.5, 0.6) is 5.75 Å². The largest absolute Gasteiger partial charge is 0.495 e. The summed E-state index contributed by atoms with van der Waals surface area (Å²) in [6, 6.07) is 6.09. The Balaban J connectivity index is 1.97. The SMILES string of the molecule is COc1cc(C)ccc1NC(=O)CC1CCCN1. The first kappa shape index (κ1) is 12.9. The zero-order valence-corrected chi connectivity index (χ0v) is 11.0. The molecule has 4 nitrogen and oxygen atoms in total. The third-order valence-electron chi connectivity index (χ3n) is 3.23. The molecule has 1 aromatic rings. The van der Waals surface area contributed by atoms with Crippen molar-refractivity contribution >= 4 is 11.6 Å². The average molecular weight is 248 g/mol. The maximum absolute atomic E-state index is 11.9. The minimum atomic E-state index is 0.0385. The monoisotopic (exact) mass is 248 g/mol. The molecule has 0 bridgehead atoms. The third-order valence-corrected chi connectivity index (χ3v) is 3.23. The number of hydrogen-bond donors (Lipinski definition) is 2. The zero-order chi connectivity index (χ0) is 13.0. The normalized spacial score (nSPS) is 18.7. The number of hydrogen-bond acceptors (Lipinski definition) is 3. The summed E-state index contributed by atoms with van der Waals surface area (Å²) >= 11 is 0. The van der Waals surface area contributed by atoms with Gasteiger partial charge in [-0.15, -0.1) is 0 Å². The molecule has 1 heterocycles. The van der Waals surface area contributed by atoms with Gasteiger partial charge in [-0.05, 0) is 44.0 Å². The van der Waals surface area contributed by atoms with E-state index in [1.807, 2.05) is 25.1 Å². The average Bonchev–Trinajstić information content (AvgIpc) is 2.84. The Bertz CT molecular complexity index is 426. The lowest BCUT2D eigenvalue weighted by Gasteiger charge is -2.13. The number of benzene rings is 1. The fourth-order valence-corrected chi connectivity index (χ4v) is 2.26. The highest BCUT2D eigenvalue weighted by atomic mass is 16.5. The van der Waals surface area contributed by atoms with Gasteiger partial charge >= 0.3 is 0 Å². The van der Waals surface area contributed by atoms with Crippen molar-refractivity contribution in [3.63, 3.8) is 0 Å². The summed E-state index contributed by atoms with van der Waals surface area (Å²) in [6.07, 6.45) is 2.77. The Morgan fingerprint density at radius 3 is 3.06 bits per heavy atom. The molecule has 18 heavy (non-hydrogen) atoms. The highest BCUT2D eigenvalue weighted by Gasteiger charge is 2.18. The van der Waals surface area contributed by atoms with Gasteiger partial charge < -0.3 is 15.4 Å².